The molecule has 0 saturated carbocycles. The minimum absolute atomic E-state index is 0.0469. The van der Waals surface area contributed by atoms with E-state index >= 15 is 0 Å². The summed E-state index contributed by atoms with van der Waals surface area (Å²) in [5.41, 5.74) is 0. The van der Waals surface area contributed by atoms with E-state index in [2.05, 4.69) is 0 Å². The number of aliphatic hydroxyl groups is 2. The number of rotatable bonds is 5. The Labute approximate surface area is 90.9 Å². The number of carbonyl (C=O) groups is 1. The SMILES string of the molecule is O=C(CC[C@@H](O)CO)c1ccc(Cl)s1. The Morgan fingerprint density at radius 2 is 2.29 bits per heavy atom. The Kier molecular flexibility index (Phi) is 4.54. The molecule has 0 bridgehead atoms. The molecule has 0 spiro atoms. The first-order valence-corrected chi connectivity index (χ1v) is 5.40. The van der Waals surface area contributed by atoms with Gasteiger partial charge in [0, 0.05) is 6.42 Å². The van der Waals surface area contributed by atoms with E-state index in [0.29, 0.717) is 9.21 Å². The van der Waals surface area contributed by atoms with Crippen molar-refractivity contribution in [3.8, 4) is 0 Å². The van der Waals surface area contributed by atoms with Crippen LogP contribution in [0.4, 0.5) is 0 Å². The zero-order valence-corrected chi connectivity index (χ0v) is 9.01. The summed E-state index contributed by atoms with van der Waals surface area (Å²) >= 11 is 6.90. The Morgan fingerprint density at radius 1 is 1.57 bits per heavy atom. The van der Waals surface area contributed by atoms with E-state index in [-0.39, 0.29) is 25.2 Å². The van der Waals surface area contributed by atoms with E-state index in [0.717, 1.165) is 0 Å². The van der Waals surface area contributed by atoms with Crippen LogP contribution in [0.1, 0.15) is 22.5 Å². The van der Waals surface area contributed by atoms with Crippen LogP contribution in [0.25, 0.3) is 0 Å². The van der Waals surface area contributed by atoms with E-state index in [9.17, 15) is 4.79 Å². The highest BCUT2D eigenvalue weighted by Gasteiger charge is 2.11. The molecule has 0 saturated heterocycles. The molecule has 0 amide bonds. The summed E-state index contributed by atoms with van der Waals surface area (Å²) < 4.78 is 0.580. The highest BCUT2D eigenvalue weighted by Crippen LogP contribution is 2.23. The Hall–Kier alpha value is -0.420. The summed E-state index contributed by atoms with van der Waals surface area (Å²) in [5.74, 6) is -0.0469. The van der Waals surface area contributed by atoms with Gasteiger partial charge in [-0.1, -0.05) is 11.6 Å². The smallest absolute Gasteiger partial charge is 0.172 e. The van der Waals surface area contributed by atoms with Gasteiger partial charge in [0.1, 0.15) is 0 Å². The lowest BCUT2D eigenvalue weighted by atomic mass is 10.1. The van der Waals surface area contributed by atoms with Crippen molar-refractivity contribution in [2.45, 2.75) is 18.9 Å². The van der Waals surface area contributed by atoms with Gasteiger partial charge >= 0.3 is 0 Å². The molecule has 0 unspecified atom stereocenters. The lowest BCUT2D eigenvalue weighted by Gasteiger charge is -2.04. The number of carbonyl (C=O) groups excluding carboxylic acids is 1. The summed E-state index contributed by atoms with van der Waals surface area (Å²) in [6, 6.07) is 3.34. The first kappa shape index (κ1) is 11.7. The predicted molar refractivity (Wildman–Crippen MR) is 56.0 cm³/mol. The average Bonchev–Trinajstić information content (AvgIpc) is 2.60. The number of Topliss-reactive ketones (excluding diaryl/α,β-unsaturated/α-hetero) is 1. The van der Waals surface area contributed by atoms with E-state index in [1.165, 1.54) is 11.3 Å². The van der Waals surface area contributed by atoms with Gasteiger partial charge in [0.05, 0.1) is 21.9 Å². The summed E-state index contributed by atoms with van der Waals surface area (Å²) in [6.07, 6.45) is -0.293. The fourth-order valence-corrected chi connectivity index (χ4v) is 1.99. The zero-order valence-electron chi connectivity index (χ0n) is 7.44. The second-order valence-electron chi connectivity index (χ2n) is 2.90. The average molecular weight is 235 g/mol. The van der Waals surface area contributed by atoms with Crippen LogP contribution in [0.15, 0.2) is 12.1 Å². The molecular weight excluding hydrogens is 224 g/mol. The molecule has 1 aromatic heterocycles. The second kappa shape index (κ2) is 5.46. The molecule has 0 aromatic carbocycles. The fraction of sp³-hybridized carbons (Fsp3) is 0.444. The molecule has 0 aliphatic rings. The van der Waals surface area contributed by atoms with Crippen molar-refractivity contribution < 1.29 is 15.0 Å². The van der Waals surface area contributed by atoms with Gasteiger partial charge in [0.15, 0.2) is 5.78 Å². The number of aliphatic hydroxyl groups excluding tert-OH is 2. The van der Waals surface area contributed by atoms with Crippen LogP contribution in [-0.4, -0.2) is 28.7 Å². The van der Waals surface area contributed by atoms with Crippen LogP contribution in [-0.2, 0) is 0 Å². The van der Waals surface area contributed by atoms with Gasteiger partial charge in [-0.3, -0.25) is 4.79 Å². The number of hydrogen-bond acceptors (Lipinski definition) is 4. The quantitative estimate of drug-likeness (QED) is 0.763. The van der Waals surface area contributed by atoms with Crippen molar-refractivity contribution in [1.29, 1.82) is 0 Å². The number of thiophene rings is 1. The normalized spacial score (nSPS) is 12.8. The lowest BCUT2D eigenvalue weighted by molar-refractivity contribution is 0.0781. The highest BCUT2D eigenvalue weighted by molar-refractivity contribution is 7.18. The maximum Gasteiger partial charge on any atom is 0.172 e. The summed E-state index contributed by atoms with van der Waals surface area (Å²) in [4.78, 5) is 12.0. The summed E-state index contributed by atoms with van der Waals surface area (Å²) in [6.45, 7) is -0.307. The minimum atomic E-state index is -0.811. The molecule has 0 fully saturated rings. The maximum atomic E-state index is 11.4. The van der Waals surface area contributed by atoms with E-state index in [4.69, 9.17) is 21.8 Å². The number of hydrogen-bond donors (Lipinski definition) is 2. The topological polar surface area (TPSA) is 57.5 Å². The standard InChI is InChI=1S/C9H11ClO3S/c10-9-4-3-8(14-9)7(13)2-1-6(12)5-11/h3-4,6,11-12H,1-2,5H2/t6-/m1/s1. The lowest BCUT2D eigenvalue weighted by Crippen LogP contribution is -2.13. The Balaban J connectivity index is 2.43. The monoisotopic (exact) mass is 234 g/mol. The molecule has 14 heavy (non-hydrogen) atoms. The number of halogens is 1. The van der Waals surface area contributed by atoms with Gasteiger partial charge in [-0.15, -0.1) is 11.3 Å². The second-order valence-corrected chi connectivity index (χ2v) is 4.62. The third-order valence-corrected chi connectivity index (χ3v) is 3.04. The van der Waals surface area contributed by atoms with Crippen molar-refractivity contribution in [1.82, 2.24) is 0 Å². The molecule has 5 heteroatoms. The van der Waals surface area contributed by atoms with Gasteiger partial charge in [0.25, 0.3) is 0 Å². The van der Waals surface area contributed by atoms with E-state index in [1.54, 1.807) is 12.1 Å². The molecule has 0 aliphatic heterocycles. The molecule has 1 rings (SSSR count). The van der Waals surface area contributed by atoms with Crippen molar-refractivity contribution in [3.05, 3.63) is 21.3 Å². The van der Waals surface area contributed by atoms with Crippen LogP contribution in [0.3, 0.4) is 0 Å². The van der Waals surface area contributed by atoms with Crippen molar-refractivity contribution in [2.24, 2.45) is 0 Å². The van der Waals surface area contributed by atoms with Crippen molar-refractivity contribution in [3.63, 3.8) is 0 Å². The van der Waals surface area contributed by atoms with Crippen LogP contribution >= 0.6 is 22.9 Å². The summed E-state index contributed by atoms with van der Waals surface area (Å²) in [5, 5.41) is 17.6. The number of ketones is 1. The Morgan fingerprint density at radius 3 is 2.79 bits per heavy atom. The van der Waals surface area contributed by atoms with E-state index < -0.39 is 6.10 Å². The van der Waals surface area contributed by atoms with Gasteiger partial charge in [-0.2, -0.15) is 0 Å². The van der Waals surface area contributed by atoms with Gasteiger partial charge in [-0.05, 0) is 18.6 Å². The highest BCUT2D eigenvalue weighted by atomic mass is 35.5. The maximum absolute atomic E-state index is 11.4. The van der Waals surface area contributed by atoms with Crippen molar-refractivity contribution in [2.75, 3.05) is 6.61 Å². The van der Waals surface area contributed by atoms with Gasteiger partial charge in [0.2, 0.25) is 0 Å². The predicted octanol–water partition coefficient (Wildman–Crippen LogP) is 1.72. The molecule has 3 nitrogen and oxygen atoms in total. The molecule has 2 N–H and O–H groups in total. The summed E-state index contributed by atoms with van der Waals surface area (Å²) in [7, 11) is 0. The molecule has 0 radical (unpaired) electrons. The largest absolute Gasteiger partial charge is 0.394 e. The van der Waals surface area contributed by atoms with Gasteiger partial charge in [-0.25, -0.2) is 0 Å². The molecule has 1 heterocycles. The van der Waals surface area contributed by atoms with Crippen LogP contribution in [0, 0.1) is 0 Å². The van der Waals surface area contributed by atoms with Crippen LogP contribution in [0.2, 0.25) is 4.34 Å². The molecular formula is C9H11ClO3S. The van der Waals surface area contributed by atoms with Crippen LogP contribution < -0.4 is 0 Å². The minimum Gasteiger partial charge on any atom is -0.394 e. The third kappa shape index (κ3) is 3.38. The third-order valence-electron chi connectivity index (χ3n) is 1.76. The first-order valence-electron chi connectivity index (χ1n) is 4.21. The zero-order chi connectivity index (χ0) is 10.6. The van der Waals surface area contributed by atoms with Crippen molar-refractivity contribution >= 4 is 28.7 Å². The fourth-order valence-electron chi connectivity index (χ4n) is 0.976. The first-order chi connectivity index (χ1) is 6.63. The molecule has 0 aliphatic carbocycles. The molecule has 1 aromatic rings. The van der Waals surface area contributed by atoms with Gasteiger partial charge < -0.3 is 10.2 Å². The Bertz CT molecular complexity index is 311. The van der Waals surface area contributed by atoms with E-state index in [1.807, 2.05) is 0 Å². The molecule has 1 atom stereocenters. The van der Waals surface area contributed by atoms with Crippen LogP contribution in [0.5, 0.6) is 0 Å². The molecule has 78 valence electrons.